The van der Waals surface area contributed by atoms with Gasteiger partial charge in [-0.2, -0.15) is 5.10 Å². The van der Waals surface area contributed by atoms with Gasteiger partial charge in [-0.3, -0.25) is 9.48 Å². The van der Waals surface area contributed by atoms with Gasteiger partial charge in [-0.25, -0.2) is 0 Å². The monoisotopic (exact) mass is 247 g/mol. The SMILES string of the molecule is Cn1nccc1CNC(=O)c1ccc(O)c(O)c1. The lowest BCUT2D eigenvalue weighted by molar-refractivity contribution is 0.0949. The van der Waals surface area contributed by atoms with Crippen molar-refractivity contribution in [1.82, 2.24) is 15.1 Å². The Morgan fingerprint density at radius 2 is 2.11 bits per heavy atom. The summed E-state index contributed by atoms with van der Waals surface area (Å²) in [5.41, 5.74) is 1.15. The zero-order chi connectivity index (χ0) is 13.1. The Kier molecular flexibility index (Phi) is 3.18. The lowest BCUT2D eigenvalue weighted by Gasteiger charge is -2.06. The van der Waals surface area contributed by atoms with Crippen molar-refractivity contribution in [3.63, 3.8) is 0 Å². The van der Waals surface area contributed by atoms with Crippen LogP contribution in [-0.4, -0.2) is 25.9 Å². The van der Waals surface area contributed by atoms with Crippen LogP contribution >= 0.6 is 0 Å². The number of carbonyl (C=O) groups is 1. The van der Waals surface area contributed by atoms with Crippen molar-refractivity contribution in [2.24, 2.45) is 7.05 Å². The first kappa shape index (κ1) is 12.0. The fourth-order valence-corrected chi connectivity index (χ4v) is 1.51. The van der Waals surface area contributed by atoms with E-state index in [0.717, 1.165) is 5.69 Å². The summed E-state index contributed by atoms with van der Waals surface area (Å²) >= 11 is 0. The maximum absolute atomic E-state index is 11.8. The third-order valence-electron chi connectivity index (χ3n) is 2.59. The maximum Gasteiger partial charge on any atom is 0.251 e. The first-order valence-electron chi connectivity index (χ1n) is 5.35. The Morgan fingerprint density at radius 1 is 1.33 bits per heavy atom. The summed E-state index contributed by atoms with van der Waals surface area (Å²) in [6.07, 6.45) is 1.65. The predicted molar refractivity (Wildman–Crippen MR) is 64.1 cm³/mol. The molecule has 0 aliphatic rings. The van der Waals surface area contributed by atoms with Crippen LogP contribution in [0.3, 0.4) is 0 Å². The zero-order valence-electron chi connectivity index (χ0n) is 9.79. The molecule has 6 nitrogen and oxygen atoms in total. The summed E-state index contributed by atoms with van der Waals surface area (Å²) in [5, 5.41) is 25.1. The van der Waals surface area contributed by atoms with Crippen molar-refractivity contribution in [3.05, 3.63) is 41.7 Å². The average Bonchev–Trinajstić information content (AvgIpc) is 2.75. The Hall–Kier alpha value is -2.50. The highest BCUT2D eigenvalue weighted by molar-refractivity contribution is 5.94. The second-order valence-electron chi connectivity index (χ2n) is 3.83. The van der Waals surface area contributed by atoms with Gasteiger partial charge < -0.3 is 15.5 Å². The molecule has 0 unspecified atom stereocenters. The number of benzene rings is 1. The number of carbonyl (C=O) groups excluding carboxylic acids is 1. The van der Waals surface area contributed by atoms with Crippen LogP contribution in [-0.2, 0) is 13.6 Å². The van der Waals surface area contributed by atoms with Gasteiger partial charge in [0.2, 0.25) is 0 Å². The highest BCUT2D eigenvalue weighted by Gasteiger charge is 2.09. The van der Waals surface area contributed by atoms with E-state index in [9.17, 15) is 9.90 Å². The molecule has 0 radical (unpaired) electrons. The van der Waals surface area contributed by atoms with Gasteiger partial charge in [0.25, 0.3) is 5.91 Å². The molecular formula is C12H13N3O3. The van der Waals surface area contributed by atoms with E-state index in [-0.39, 0.29) is 23.0 Å². The standard InChI is InChI=1S/C12H13N3O3/c1-15-9(4-5-14-15)7-13-12(18)8-2-3-10(16)11(17)6-8/h2-6,16-17H,7H2,1H3,(H,13,18). The first-order chi connectivity index (χ1) is 8.58. The van der Waals surface area contributed by atoms with E-state index >= 15 is 0 Å². The number of hydrogen-bond acceptors (Lipinski definition) is 4. The molecule has 0 bridgehead atoms. The molecule has 0 saturated heterocycles. The molecule has 3 N–H and O–H groups in total. The number of aromatic nitrogens is 2. The molecule has 0 fully saturated rings. The van der Waals surface area contributed by atoms with Crippen LogP contribution < -0.4 is 5.32 Å². The number of phenols is 2. The third-order valence-corrected chi connectivity index (χ3v) is 2.59. The fraction of sp³-hybridized carbons (Fsp3) is 0.167. The summed E-state index contributed by atoms with van der Waals surface area (Å²) in [6, 6.07) is 5.73. The van der Waals surface area contributed by atoms with E-state index in [1.54, 1.807) is 24.0 Å². The molecule has 2 aromatic rings. The molecular weight excluding hydrogens is 234 g/mol. The van der Waals surface area contributed by atoms with E-state index in [4.69, 9.17) is 5.11 Å². The highest BCUT2D eigenvalue weighted by Crippen LogP contribution is 2.24. The topological polar surface area (TPSA) is 87.4 Å². The van der Waals surface area contributed by atoms with Crippen molar-refractivity contribution in [1.29, 1.82) is 0 Å². The number of nitrogens with one attached hydrogen (secondary N) is 1. The lowest BCUT2D eigenvalue weighted by atomic mass is 10.2. The molecule has 0 aliphatic heterocycles. The van der Waals surface area contributed by atoms with Crippen LogP contribution in [0.1, 0.15) is 16.1 Å². The van der Waals surface area contributed by atoms with E-state index in [1.165, 1.54) is 18.2 Å². The van der Waals surface area contributed by atoms with Crippen LogP contribution in [0.5, 0.6) is 11.5 Å². The molecule has 94 valence electrons. The molecule has 6 heteroatoms. The van der Waals surface area contributed by atoms with E-state index in [2.05, 4.69) is 10.4 Å². The van der Waals surface area contributed by atoms with Gasteiger partial charge >= 0.3 is 0 Å². The number of hydrogen-bond donors (Lipinski definition) is 3. The average molecular weight is 247 g/mol. The number of aryl methyl sites for hydroxylation is 1. The second-order valence-corrected chi connectivity index (χ2v) is 3.83. The Balaban J connectivity index is 2.04. The van der Waals surface area contributed by atoms with Gasteiger partial charge in [0.1, 0.15) is 0 Å². The van der Waals surface area contributed by atoms with Gasteiger partial charge in [0.15, 0.2) is 11.5 Å². The van der Waals surface area contributed by atoms with Gasteiger partial charge in [0.05, 0.1) is 12.2 Å². The molecule has 1 aromatic heterocycles. The van der Waals surface area contributed by atoms with Gasteiger partial charge in [-0.1, -0.05) is 0 Å². The summed E-state index contributed by atoms with van der Waals surface area (Å²) in [5.74, 6) is -0.895. The third kappa shape index (κ3) is 2.42. The molecule has 1 amide bonds. The molecule has 1 aromatic carbocycles. The van der Waals surface area contributed by atoms with Crippen LogP contribution in [0.2, 0.25) is 0 Å². The van der Waals surface area contributed by atoms with Crippen molar-refractivity contribution < 1.29 is 15.0 Å². The molecule has 2 rings (SSSR count). The molecule has 0 aliphatic carbocycles. The van der Waals surface area contributed by atoms with Crippen LogP contribution in [0.15, 0.2) is 30.5 Å². The Morgan fingerprint density at radius 3 is 2.72 bits per heavy atom. The fourth-order valence-electron chi connectivity index (χ4n) is 1.51. The summed E-state index contributed by atoms with van der Waals surface area (Å²) in [7, 11) is 1.79. The molecule has 0 spiro atoms. The highest BCUT2D eigenvalue weighted by atomic mass is 16.3. The van der Waals surface area contributed by atoms with Crippen molar-refractivity contribution >= 4 is 5.91 Å². The van der Waals surface area contributed by atoms with Crippen LogP contribution in [0.4, 0.5) is 0 Å². The van der Waals surface area contributed by atoms with E-state index in [0.29, 0.717) is 6.54 Å². The quantitative estimate of drug-likeness (QED) is 0.699. The largest absolute Gasteiger partial charge is 0.504 e. The first-order valence-corrected chi connectivity index (χ1v) is 5.35. The van der Waals surface area contributed by atoms with E-state index in [1.807, 2.05) is 0 Å². The maximum atomic E-state index is 11.8. The minimum absolute atomic E-state index is 0.252. The number of rotatable bonds is 3. The predicted octanol–water partition coefficient (Wildman–Crippen LogP) is 0.761. The molecule has 1 heterocycles. The second kappa shape index (κ2) is 4.79. The molecule has 18 heavy (non-hydrogen) atoms. The number of nitrogens with zero attached hydrogens (tertiary/aromatic N) is 2. The van der Waals surface area contributed by atoms with Crippen molar-refractivity contribution in [2.75, 3.05) is 0 Å². The minimum Gasteiger partial charge on any atom is -0.504 e. The summed E-state index contributed by atoms with van der Waals surface area (Å²) in [6.45, 7) is 0.344. The van der Waals surface area contributed by atoms with Gasteiger partial charge in [0, 0.05) is 18.8 Å². The smallest absolute Gasteiger partial charge is 0.251 e. The molecule has 0 atom stereocenters. The van der Waals surface area contributed by atoms with Gasteiger partial charge in [-0.15, -0.1) is 0 Å². The summed E-state index contributed by atoms with van der Waals surface area (Å²) < 4.78 is 1.66. The van der Waals surface area contributed by atoms with Crippen molar-refractivity contribution in [2.45, 2.75) is 6.54 Å². The lowest BCUT2D eigenvalue weighted by Crippen LogP contribution is -2.23. The normalized spacial score (nSPS) is 10.3. The van der Waals surface area contributed by atoms with E-state index < -0.39 is 0 Å². The van der Waals surface area contributed by atoms with Crippen LogP contribution in [0.25, 0.3) is 0 Å². The van der Waals surface area contributed by atoms with Crippen LogP contribution in [0, 0.1) is 0 Å². The Bertz CT molecular complexity index is 578. The van der Waals surface area contributed by atoms with Gasteiger partial charge in [-0.05, 0) is 24.3 Å². The number of aromatic hydroxyl groups is 2. The number of phenolic OH excluding ortho intramolecular Hbond substituents is 2. The number of amides is 1. The minimum atomic E-state index is -0.327. The molecule has 0 saturated carbocycles. The van der Waals surface area contributed by atoms with Crippen molar-refractivity contribution in [3.8, 4) is 11.5 Å². The zero-order valence-corrected chi connectivity index (χ0v) is 9.79. The summed E-state index contributed by atoms with van der Waals surface area (Å²) in [4.78, 5) is 11.8. The Labute approximate surface area is 103 Å².